The molecule has 3 fully saturated rings. The summed E-state index contributed by atoms with van der Waals surface area (Å²) in [5.74, 6) is -3.19. The van der Waals surface area contributed by atoms with Crippen LogP contribution in [0.25, 0.3) is 0 Å². The van der Waals surface area contributed by atoms with Gasteiger partial charge in [-0.25, -0.2) is 0 Å². The van der Waals surface area contributed by atoms with Crippen LogP contribution in [0.15, 0.2) is 55.6 Å². The van der Waals surface area contributed by atoms with E-state index in [1.54, 1.807) is 33.9 Å². The van der Waals surface area contributed by atoms with Gasteiger partial charge in [-0.3, -0.25) is 19.2 Å². The van der Waals surface area contributed by atoms with Crippen LogP contribution in [0, 0.1) is 11.8 Å². The van der Waals surface area contributed by atoms with Gasteiger partial charge < -0.3 is 29.3 Å². The Hall–Kier alpha value is -3.02. The first kappa shape index (κ1) is 36.8. The summed E-state index contributed by atoms with van der Waals surface area (Å²) in [4.78, 5) is 60.9. The molecule has 1 aromatic carbocycles. The largest absolute Gasteiger partial charge is 0.455 e. The van der Waals surface area contributed by atoms with Crippen molar-refractivity contribution in [2.45, 2.75) is 100 Å². The molecular formula is C36H50BrN3O7. The van der Waals surface area contributed by atoms with Gasteiger partial charge in [0.2, 0.25) is 17.7 Å². The molecule has 4 rings (SSSR count). The number of benzene rings is 1. The number of hydrogen-bond acceptors (Lipinski definition) is 7. The topological polar surface area (TPSA) is 117 Å². The third-order valence-electron chi connectivity index (χ3n) is 9.87. The van der Waals surface area contributed by atoms with E-state index in [-0.39, 0.29) is 48.7 Å². The highest BCUT2D eigenvalue weighted by atomic mass is 79.9. The lowest BCUT2D eigenvalue weighted by Gasteiger charge is -2.42. The van der Waals surface area contributed by atoms with E-state index < -0.39 is 53.2 Å². The van der Waals surface area contributed by atoms with Gasteiger partial charge in [-0.2, -0.15) is 0 Å². The number of alkyl halides is 1. The maximum Gasteiger partial charge on any atom is 0.313 e. The fraction of sp³-hybridized carbons (Fsp3) is 0.611. The summed E-state index contributed by atoms with van der Waals surface area (Å²) in [5.41, 5.74) is -1.10. The molecule has 0 aromatic heterocycles. The van der Waals surface area contributed by atoms with Crippen LogP contribution in [-0.2, 0) is 28.7 Å². The van der Waals surface area contributed by atoms with Crippen molar-refractivity contribution in [1.82, 2.24) is 14.7 Å². The quantitative estimate of drug-likeness (QED) is 0.124. The predicted molar refractivity (Wildman–Crippen MR) is 182 cm³/mol. The van der Waals surface area contributed by atoms with Crippen molar-refractivity contribution in [3.63, 3.8) is 0 Å². The van der Waals surface area contributed by atoms with Gasteiger partial charge in [-0.05, 0) is 58.9 Å². The standard InChI is InChI=1S/C36H50BrN3O7/c1-8-10-18-26(42)38(7)23(3)29(24-16-12-11-13-17-24)46-34(45)27-28-32(43)39(20-14-15-21-41)31(36(28)22-25(37)30(27)47-36)33(44)40(19-9-2)35(4,5)6/h8-9,11-13,16-17,23,25,27-31,41H,1-2,10,14-15,18-22H2,3-7H3/t23-,25?,27+,28-,29+,30+,31+,36-/m1/s1. The van der Waals surface area contributed by atoms with Crippen LogP contribution in [0.1, 0.15) is 71.5 Å². The second kappa shape index (κ2) is 15.0. The zero-order valence-corrected chi connectivity index (χ0v) is 29.9. The summed E-state index contributed by atoms with van der Waals surface area (Å²) in [7, 11) is 1.69. The lowest BCUT2D eigenvalue weighted by atomic mass is 9.70. The molecule has 11 heteroatoms. The molecule has 0 radical (unpaired) electrons. The number of likely N-dealkylation sites (N-methyl/N-ethyl adjacent to an activating group) is 1. The molecule has 1 aromatic rings. The van der Waals surface area contributed by atoms with Crippen LogP contribution >= 0.6 is 15.9 Å². The molecule has 3 aliphatic rings. The van der Waals surface area contributed by atoms with Crippen molar-refractivity contribution in [3.05, 3.63) is 61.2 Å². The number of allylic oxidation sites excluding steroid dienone is 1. The summed E-state index contributed by atoms with van der Waals surface area (Å²) in [6.45, 7) is 15.7. The zero-order chi connectivity index (χ0) is 34.7. The normalized spacial score (nSPS) is 27.6. The lowest BCUT2D eigenvalue weighted by Crippen LogP contribution is -2.60. The number of aliphatic hydroxyl groups is 1. The molecule has 258 valence electrons. The first-order chi connectivity index (χ1) is 22.2. The van der Waals surface area contributed by atoms with Crippen LogP contribution in [0.2, 0.25) is 0 Å². The minimum Gasteiger partial charge on any atom is -0.455 e. The molecule has 3 aliphatic heterocycles. The van der Waals surface area contributed by atoms with E-state index in [2.05, 4.69) is 29.1 Å². The van der Waals surface area contributed by atoms with Crippen molar-refractivity contribution in [1.29, 1.82) is 0 Å². The molecule has 1 N–H and O–H groups in total. The fourth-order valence-electron chi connectivity index (χ4n) is 7.41. The number of carbonyl (C=O) groups excluding carboxylic acids is 4. The van der Waals surface area contributed by atoms with Crippen molar-refractivity contribution in [2.75, 3.05) is 26.7 Å². The molecule has 8 atom stereocenters. The number of aliphatic hydroxyl groups excluding tert-OH is 1. The number of carbonyl (C=O) groups is 4. The molecule has 0 saturated carbocycles. The summed E-state index contributed by atoms with van der Waals surface area (Å²) in [6, 6.07) is 7.77. The number of fused-ring (bicyclic) bond motifs is 1. The summed E-state index contributed by atoms with van der Waals surface area (Å²) < 4.78 is 13.0. The molecule has 3 heterocycles. The van der Waals surface area contributed by atoms with Gasteiger partial charge in [-0.1, -0.05) is 58.4 Å². The first-order valence-electron chi connectivity index (χ1n) is 16.5. The second-order valence-corrected chi connectivity index (χ2v) is 15.1. The van der Waals surface area contributed by atoms with E-state index in [0.717, 1.165) is 0 Å². The van der Waals surface area contributed by atoms with Crippen LogP contribution in [0.4, 0.5) is 0 Å². The highest BCUT2D eigenvalue weighted by Gasteiger charge is 2.77. The number of amides is 3. The Morgan fingerprint density at radius 2 is 1.87 bits per heavy atom. The van der Waals surface area contributed by atoms with Crippen LogP contribution in [-0.4, -0.2) is 104 Å². The fourth-order valence-corrected chi connectivity index (χ4v) is 8.35. The SMILES string of the molecule is C=CCCC(=O)N(C)[C@H](C)[C@H](OC(=O)[C@@H]1[C@H]2O[C@@]3(CC2Br)[C@H](C(=O)N(CC=C)C(C)(C)C)N(CCCCO)C(=O)[C@@H]13)c1ccccc1. The van der Waals surface area contributed by atoms with Gasteiger partial charge in [0.25, 0.3) is 0 Å². The van der Waals surface area contributed by atoms with Crippen LogP contribution < -0.4 is 0 Å². The van der Waals surface area contributed by atoms with Gasteiger partial charge in [0.15, 0.2) is 0 Å². The van der Waals surface area contributed by atoms with Crippen LogP contribution in [0.3, 0.4) is 0 Å². The number of rotatable bonds is 15. The number of unbranched alkanes of at least 4 members (excludes halogenated alkanes) is 1. The highest BCUT2D eigenvalue weighted by Crippen LogP contribution is 2.60. The van der Waals surface area contributed by atoms with Gasteiger partial charge in [0.05, 0.1) is 24.0 Å². The summed E-state index contributed by atoms with van der Waals surface area (Å²) >= 11 is 3.73. The molecule has 1 unspecified atom stereocenters. The number of nitrogens with zero attached hydrogens (tertiary/aromatic N) is 3. The molecule has 2 bridgehead atoms. The van der Waals surface area contributed by atoms with Gasteiger partial charge in [0.1, 0.15) is 17.7 Å². The third kappa shape index (κ3) is 7.08. The van der Waals surface area contributed by atoms with E-state index in [9.17, 15) is 24.3 Å². The minimum atomic E-state index is -1.24. The average Bonchev–Trinajstić information content (AvgIpc) is 3.63. The maximum absolute atomic E-state index is 14.5. The summed E-state index contributed by atoms with van der Waals surface area (Å²) in [5, 5.41) is 9.49. The molecule has 3 saturated heterocycles. The monoisotopic (exact) mass is 715 g/mol. The second-order valence-electron chi connectivity index (χ2n) is 13.9. The smallest absolute Gasteiger partial charge is 0.313 e. The van der Waals surface area contributed by atoms with Crippen LogP contribution in [0.5, 0.6) is 0 Å². The van der Waals surface area contributed by atoms with E-state index >= 15 is 0 Å². The Balaban J connectivity index is 1.72. The van der Waals surface area contributed by atoms with Crippen molar-refractivity contribution < 1.29 is 33.8 Å². The van der Waals surface area contributed by atoms with E-state index in [1.165, 1.54) is 0 Å². The van der Waals surface area contributed by atoms with Gasteiger partial charge >= 0.3 is 5.97 Å². The molecule has 0 aliphatic carbocycles. The minimum absolute atomic E-state index is 0.0413. The first-order valence-corrected chi connectivity index (χ1v) is 17.4. The Labute approximate surface area is 287 Å². The van der Waals surface area contributed by atoms with Gasteiger partial charge in [0, 0.05) is 43.5 Å². The van der Waals surface area contributed by atoms with E-state index in [1.807, 2.05) is 58.0 Å². The summed E-state index contributed by atoms with van der Waals surface area (Å²) in [6.07, 6.45) is 3.98. The molecule has 3 amide bonds. The lowest BCUT2D eigenvalue weighted by molar-refractivity contribution is -0.164. The van der Waals surface area contributed by atoms with Crippen molar-refractivity contribution >= 4 is 39.6 Å². The van der Waals surface area contributed by atoms with Gasteiger partial charge in [-0.15, -0.1) is 13.2 Å². The average molecular weight is 717 g/mol. The Morgan fingerprint density at radius 3 is 2.47 bits per heavy atom. The predicted octanol–water partition coefficient (Wildman–Crippen LogP) is 4.42. The Morgan fingerprint density at radius 1 is 1.19 bits per heavy atom. The zero-order valence-electron chi connectivity index (χ0n) is 28.3. The number of esters is 1. The Kier molecular flexibility index (Phi) is 11.8. The molecule has 10 nitrogen and oxygen atoms in total. The van der Waals surface area contributed by atoms with Crippen molar-refractivity contribution in [2.24, 2.45) is 11.8 Å². The van der Waals surface area contributed by atoms with E-state index in [0.29, 0.717) is 31.2 Å². The number of halogens is 1. The molecule has 47 heavy (non-hydrogen) atoms. The number of hydrogen-bond donors (Lipinski definition) is 1. The maximum atomic E-state index is 14.5. The van der Waals surface area contributed by atoms with Crippen molar-refractivity contribution in [3.8, 4) is 0 Å². The number of likely N-dealkylation sites (tertiary alicyclic amines) is 1. The van der Waals surface area contributed by atoms with E-state index in [4.69, 9.17) is 9.47 Å². The Bertz CT molecular complexity index is 1330. The number of ether oxygens (including phenoxy) is 2. The third-order valence-corrected chi connectivity index (χ3v) is 10.7. The molecule has 1 spiro atoms. The molecular weight excluding hydrogens is 666 g/mol. The highest BCUT2D eigenvalue weighted by molar-refractivity contribution is 9.09.